The van der Waals surface area contributed by atoms with Crippen LogP contribution in [-0.4, -0.2) is 55.1 Å². The standard InChI is InChI=1S/C28H23Br2NO8S/c1-40(36,37)13-12-24(28(35)39-16-18-4-9-21(30)10-5-18)31-25(32)22-11-6-19(14-23(22)26(31)33)27(34)38-15-17-2-7-20(29)8-3-17/h2-11,14,24H,12-13,15-16H2,1H3/t24-/m1/s1. The van der Waals surface area contributed by atoms with Gasteiger partial charge < -0.3 is 9.47 Å². The van der Waals surface area contributed by atoms with E-state index in [4.69, 9.17) is 9.47 Å². The number of fused-ring (bicyclic) bond motifs is 1. The molecule has 0 N–H and O–H groups in total. The Labute approximate surface area is 247 Å². The van der Waals surface area contributed by atoms with E-state index in [1.54, 1.807) is 36.4 Å². The maximum absolute atomic E-state index is 13.4. The van der Waals surface area contributed by atoms with Crippen LogP contribution < -0.4 is 0 Å². The Morgan fingerprint density at radius 3 is 1.88 bits per heavy atom. The topological polar surface area (TPSA) is 124 Å². The van der Waals surface area contributed by atoms with Crippen LogP contribution in [0.15, 0.2) is 75.7 Å². The fourth-order valence-corrected chi connectivity index (χ4v) is 5.17. The molecule has 2 amide bonds. The Bertz CT molecular complexity index is 1570. The van der Waals surface area contributed by atoms with E-state index in [9.17, 15) is 27.6 Å². The van der Waals surface area contributed by atoms with Gasteiger partial charge in [-0.15, -0.1) is 0 Å². The van der Waals surface area contributed by atoms with Crippen molar-refractivity contribution >= 4 is 65.5 Å². The van der Waals surface area contributed by atoms with Gasteiger partial charge in [-0.05, 0) is 60.0 Å². The zero-order valence-corrected chi connectivity index (χ0v) is 25.1. The van der Waals surface area contributed by atoms with Crippen LogP contribution in [0.3, 0.4) is 0 Å². The number of esters is 2. The molecule has 12 heteroatoms. The van der Waals surface area contributed by atoms with Gasteiger partial charge in [0.1, 0.15) is 29.1 Å². The van der Waals surface area contributed by atoms with Crippen molar-refractivity contribution in [3.8, 4) is 0 Å². The van der Waals surface area contributed by atoms with Crippen molar-refractivity contribution in [1.29, 1.82) is 0 Å². The summed E-state index contributed by atoms with van der Waals surface area (Å²) in [5.41, 5.74) is 1.36. The first kappa shape index (κ1) is 29.6. The SMILES string of the molecule is CS(=O)(=O)CC[C@H](C(=O)OCc1ccc(Br)cc1)N1C(=O)c2ccc(C(=O)OCc3ccc(Br)cc3)cc2C1=O. The zero-order valence-electron chi connectivity index (χ0n) is 21.1. The highest BCUT2D eigenvalue weighted by Gasteiger charge is 2.44. The number of amides is 2. The molecule has 208 valence electrons. The van der Waals surface area contributed by atoms with Crippen molar-refractivity contribution in [2.45, 2.75) is 25.7 Å². The van der Waals surface area contributed by atoms with Crippen molar-refractivity contribution < 1.29 is 37.1 Å². The third-order valence-corrected chi connectivity index (χ3v) is 8.11. The number of benzene rings is 3. The highest BCUT2D eigenvalue weighted by molar-refractivity contribution is 9.10. The van der Waals surface area contributed by atoms with Crippen molar-refractivity contribution in [3.63, 3.8) is 0 Å². The van der Waals surface area contributed by atoms with Crippen molar-refractivity contribution in [3.05, 3.63) is 103 Å². The predicted molar refractivity (Wildman–Crippen MR) is 152 cm³/mol. The van der Waals surface area contributed by atoms with Gasteiger partial charge in [-0.25, -0.2) is 18.0 Å². The van der Waals surface area contributed by atoms with Crippen molar-refractivity contribution in [2.24, 2.45) is 0 Å². The van der Waals surface area contributed by atoms with Crippen LogP contribution in [0, 0.1) is 0 Å². The quantitative estimate of drug-likeness (QED) is 0.221. The number of carbonyl (C=O) groups excluding carboxylic acids is 4. The molecule has 0 spiro atoms. The summed E-state index contributed by atoms with van der Waals surface area (Å²) >= 11 is 6.65. The number of halogens is 2. The van der Waals surface area contributed by atoms with Gasteiger partial charge in [-0.2, -0.15) is 0 Å². The number of sulfone groups is 1. The highest BCUT2D eigenvalue weighted by atomic mass is 79.9. The molecule has 0 saturated heterocycles. The maximum atomic E-state index is 13.4. The molecule has 9 nitrogen and oxygen atoms in total. The lowest BCUT2D eigenvalue weighted by atomic mass is 10.1. The summed E-state index contributed by atoms with van der Waals surface area (Å²) in [6.07, 6.45) is 0.650. The van der Waals surface area contributed by atoms with Gasteiger partial charge in [0, 0.05) is 15.2 Å². The molecule has 4 rings (SSSR count). The van der Waals surface area contributed by atoms with Crippen LogP contribution in [0.1, 0.15) is 48.6 Å². The lowest BCUT2D eigenvalue weighted by Crippen LogP contribution is -2.46. The molecule has 1 heterocycles. The van der Waals surface area contributed by atoms with Crippen LogP contribution in [0.2, 0.25) is 0 Å². The highest BCUT2D eigenvalue weighted by Crippen LogP contribution is 2.28. The van der Waals surface area contributed by atoms with E-state index in [0.717, 1.165) is 20.8 Å². The van der Waals surface area contributed by atoms with Crippen LogP contribution in [-0.2, 0) is 37.3 Å². The van der Waals surface area contributed by atoms with Crippen LogP contribution in [0.5, 0.6) is 0 Å². The summed E-state index contributed by atoms with van der Waals surface area (Å²) in [5, 5.41) is 0. The molecule has 1 aliphatic heterocycles. The normalized spacial score (nSPS) is 13.6. The minimum absolute atomic E-state index is 0.0000264. The van der Waals surface area contributed by atoms with Gasteiger partial charge in [0.2, 0.25) is 0 Å². The minimum atomic E-state index is -3.53. The van der Waals surface area contributed by atoms with E-state index in [1.807, 2.05) is 12.1 Å². The Hall–Kier alpha value is -3.35. The van der Waals surface area contributed by atoms with Crippen molar-refractivity contribution in [1.82, 2.24) is 4.90 Å². The molecule has 0 saturated carbocycles. The molecule has 0 unspecified atom stereocenters. The molecular weight excluding hydrogens is 670 g/mol. The summed E-state index contributed by atoms with van der Waals surface area (Å²) in [6, 6.07) is 16.6. The molecule has 40 heavy (non-hydrogen) atoms. The molecule has 0 bridgehead atoms. The lowest BCUT2D eigenvalue weighted by Gasteiger charge is -2.24. The summed E-state index contributed by atoms with van der Waals surface area (Å²) in [7, 11) is -3.53. The lowest BCUT2D eigenvalue weighted by molar-refractivity contribution is -0.149. The van der Waals surface area contributed by atoms with Gasteiger partial charge in [0.05, 0.1) is 22.4 Å². The first-order valence-corrected chi connectivity index (χ1v) is 15.6. The summed E-state index contributed by atoms with van der Waals surface area (Å²) in [5.74, 6) is -3.69. The van der Waals surface area contributed by atoms with Gasteiger partial charge >= 0.3 is 11.9 Å². The molecule has 1 aliphatic rings. The molecule has 0 aromatic heterocycles. The molecule has 1 atom stereocenters. The van der Waals surface area contributed by atoms with Gasteiger partial charge in [0.25, 0.3) is 11.8 Å². The van der Waals surface area contributed by atoms with Crippen molar-refractivity contribution in [2.75, 3.05) is 12.0 Å². The Balaban J connectivity index is 1.52. The monoisotopic (exact) mass is 691 g/mol. The van der Waals surface area contributed by atoms with E-state index in [1.165, 1.54) is 18.2 Å². The van der Waals surface area contributed by atoms with E-state index >= 15 is 0 Å². The average Bonchev–Trinajstić information content (AvgIpc) is 3.16. The predicted octanol–water partition coefficient (Wildman–Crippen LogP) is 4.71. The van der Waals surface area contributed by atoms with E-state index < -0.39 is 45.4 Å². The summed E-state index contributed by atoms with van der Waals surface area (Å²) in [4.78, 5) is 53.1. The molecule has 3 aromatic carbocycles. The fourth-order valence-electron chi connectivity index (χ4n) is 3.99. The smallest absolute Gasteiger partial charge is 0.338 e. The number of nitrogens with zero attached hydrogens (tertiary/aromatic N) is 1. The van der Waals surface area contributed by atoms with Gasteiger partial charge in [0.15, 0.2) is 0 Å². The van der Waals surface area contributed by atoms with E-state index in [0.29, 0.717) is 10.5 Å². The summed E-state index contributed by atoms with van der Waals surface area (Å²) in [6.45, 7) is -0.140. The van der Waals surface area contributed by atoms with E-state index in [-0.39, 0.29) is 36.3 Å². The minimum Gasteiger partial charge on any atom is -0.459 e. The van der Waals surface area contributed by atoms with Gasteiger partial charge in [-0.1, -0.05) is 56.1 Å². The second-order valence-electron chi connectivity index (χ2n) is 9.11. The van der Waals surface area contributed by atoms with Crippen LogP contribution >= 0.6 is 31.9 Å². The van der Waals surface area contributed by atoms with Crippen LogP contribution in [0.25, 0.3) is 0 Å². The third kappa shape index (κ3) is 7.23. The average molecular weight is 693 g/mol. The number of hydrogen-bond acceptors (Lipinski definition) is 8. The first-order chi connectivity index (χ1) is 18.9. The second-order valence-corrected chi connectivity index (χ2v) is 13.2. The Morgan fingerprint density at radius 1 is 0.800 bits per heavy atom. The Kier molecular flexibility index (Phi) is 9.22. The number of rotatable bonds is 10. The molecule has 0 fully saturated rings. The second kappa shape index (κ2) is 12.4. The largest absolute Gasteiger partial charge is 0.459 e. The van der Waals surface area contributed by atoms with Crippen LogP contribution in [0.4, 0.5) is 0 Å². The van der Waals surface area contributed by atoms with E-state index in [2.05, 4.69) is 31.9 Å². The fraction of sp³-hybridized carbons (Fsp3) is 0.214. The Morgan fingerprint density at radius 2 is 1.32 bits per heavy atom. The maximum Gasteiger partial charge on any atom is 0.338 e. The molecular formula is C28H23Br2NO8S. The van der Waals surface area contributed by atoms with Gasteiger partial charge in [-0.3, -0.25) is 14.5 Å². The molecule has 3 aromatic rings. The zero-order chi connectivity index (χ0) is 29.0. The number of hydrogen-bond donors (Lipinski definition) is 0. The number of imide groups is 1. The number of carbonyl (C=O) groups is 4. The molecule has 0 radical (unpaired) electrons. The summed E-state index contributed by atoms with van der Waals surface area (Å²) < 4.78 is 36.2. The third-order valence-electron chi connectivity index (χ3n) is 6.08. The number of ether oxygens (including phenoxy) is 2. The first-order valence-electron chi connectivity index (χ1n) is 12.0. The molecule has 0 aliphatic carbocycles.